The number of carbonyl (C=O) groups is 1. The van der Waals surface area contributed by atoms with Crippen LogP contribution in [0.2, 0.25) is 0 Å². The van der Waals surface area contributed by atoms with E-state index in [1.54, 1.807) is 0 Å². The minimum Gasteiger partial charge on any atom is -0.383 e. The highest BCUT2D eigenvalue weighted by atomic mass is 19.4. The molecule has 3 rings (SSSR count). The Morgan fingerprint density at radius 3 is 2.65 bits per heavy atom. The van der Waals surface area contributed by atoms with Crippen LogP contribution in [0.25, 0.3) is 0 Å². The van der Waals surface area contributed by atoms with Crippen LogP contribution in [0.5, 0.6) is 0 Å². The monoisotopic (exact) mass is 487 g/mol. The first kappa shape index (κ1) is 24.9. The van der Waals surface area contributed by atoms with Gasteiger partial charge >= 0.3 is 12.2 Å². The van der Waals surface area contributed by atoms with Crippen molar-refractivity contribution in [1.29, 1.82) is 5.41 Å². The Morgan fingerprint density at radius 1 is 1.38 bits per heavy atom. The molecule has 1 fully saturated rings. The molecule has 14 heteroatoms. The van der Waals surface area contributed by atoms with Gasteiger partial charge in [-0.3, -0.25) is 4.79 Å². The number of rotatable bonds is 4. The van der Waals surface area contributed by atoms with Crippen molar-refractivity contribution in [3.8, 4) is 0 Å². The van der Waals surface area contributed by atoms with Gasteiger partial charge < -0.3 is 30.8 Å². The van der Waals surface area contributed by atoms with Crippen LogP contribution in [-0.2, 0) is 13.2 Å². The lowest BCUT2D eigenvalue weighted by molar-refractivity contribution is -0.138. The van der Waals surface area contributed by atoms with Gasteiger partial charge in [0, 0.05) is 38.6 Å². The van der Waals surface area contributed by atoms with Crippen LogP contribution < -0.4 is 21.5 Å². The van der Waals surface area contributed by atoms with E-state index in [1.165, 1.54) is 17.2 Å². The number of aryl methyl sites for hydroxylation is 1. The number of hydrogen-bond acceptors (Lipinski definition) is 6. The van der Waals surface area contributed by atoms with Crippen molar-refractivity contribution in [3.63, 3.8) is 0 Å². The van der Waals surface area contributed by atoms with Gasteiger partial charge in [-0.05, 0) is 18.6 Å². The predicted molar refractivity (Wildman–Crippen MR) is 116 cm³/mol. The zero-order valence-electron chi connectivity index (χ0n) is 18.2. The Bertz CT molecular complexity index is 1160. The van der Waals surface area contributed by atoms with E-state index in [4.69, 9.17) is 11.1 Å². The van der Waals surface area contributed by atoms with E-state index in [2.05, 4.69) is 4.98 Å². The van der Waals surface area contributed by atoms with Crippen molar-refractivity contribution in [2.45, 2.75) is 24.6 Å². The Balaban J connectivity index is 1.77. The van der Waals surface area contributed by atoms with Crippen molar-refractivity contribution in [2.75, 3.05) is 36.1 Å². The maximum atomic E-state index is 15.0. The van der Waals surface area contributed by atoms with E-state index in [0.29, 0.717) is 27.4 Å². The average molecular weight is 487 g/mol. The number of amides is 2. The van der Waals surface area contributed by atoms with E-state index in [-0.39, 0.29) is 24.3 Å². The first-order chi connectivity index (χ1) is 15.7. The Kier molecular flexibility index (Phi) is 6.53. The summed E-state index contributed by atoms with van der Waals surface area (Å²) in [7, 11) is 2.16. The van der Waals surface area contributed by atoms with Gasteiger partial charge in [0.25, 0.3) is 11.5 Å². The quantitative estimate of drug-likeness (QED) is 0.453. The largest absolute Gasteiger partial charge is 0.417 e. The first-order valence-corrected chi connectivity index (χ1v) is 9.95. The standard InChI is InChI=1S/C20H22F5N7O2/c1-30-9-12(20(23,24)25)6-14(17(30)33)29-18(34)31(2)15-3-4-32(10-19(15,21)22)13-5-11(7-26)16(27)28-8-13/h5-9,15,26H,3-4,10H2,1-2H3,(H2,27,28)(H,29,34)/t15-/m1/s1. The minimum absolute atomic E-state index is 0.0811. The zero-order chi connectivity index (χ0) is 25.4. The molecule has 1 aliphatic rings. The summed E-state index contributed by atoms with van der Waals surface area (Å²) < 4.78 is 69.8. The molecule has 2 aromatic rings. The van der Waals surface area contributed by atoms with Crippen molar-refractivity contribution in [3.05, 3.63) is 46.0 Å². The number of halogens is 5. The highest BCUT2D eigenvalue weighted by Crippen LogP contribution is 2.34. The number of anilines is 3. The van der Waals surface area contributed by atoms with Crippen LogP contribution in [-0.4, -0.2) is 58.8 Å². The first-order valence-electron chi connectivity index (χ1n) is 9.95. The molecule has 1 atom stereocenters. The Labute approximate surface area is 190 Å². The maximum absolute atomic E-state index is 15.0. The minimum atomic E-state index is -4.77. The van der Waals surface area contributed by atoms with Crippen LogP contribution in [0.1, 0.15) is 17.5 Å². The van der Waals surface area contributed by atoms with Gasteiger partial charge in [-0.1, -0.05) is 0 Å². The van der Waals surface area contributed by atoms with Crippen molar-refractivity contribution in [2.24, 2.45) is 7.05 Å². The molecular weight excluding hydrogens is 465 g/mol. The normalized spacial score (nSPS) is 17.9. The lowest BCUT2D eigenvalue weighted by atomic mass is 9.99. The molecular formula is C20H22F5N7O2. The van der Waals surface area contributed by atoms with Crippen LogP contribution in [0.15, 0.2) is 29.3 Å². The molecule has 0 aromatic carbocycles. The third kappa shape index (κ3) is 4.94. The molecule has 1 aliphatic heterocycles. The van der Waals surface area contributed by atoms with Gasteiger partial charge in [-0.25, -0.2) is 18.6 Å². The molecule has 184 valence electrons. The van der Waals surface area contributed by atoms with E-state index in [0.717, 1.165) is 20.3 Å². The van der Waals surface area contributed by atoms with Gasteiger partial charge in [0.15, 0.2) is 0 Å². The number of urea groups is 1. The lowest BCUT2D eigenvalue weighted by Gasteiger charge is -2.42. The van der Waals surface area contributed by atoms with Gasteiger partial charge in [-0.2, -0.15) is 13.2 Å². The number of nitrogens with zero attached hydrogens (tertiary/aromatic N) is 4. The number of alkyl halides is 5. The molecule has 0 aliphatic carbocycles. The molecule has 34 heavy (non-hydrogen) atoms. The summed E-state index contributed by atoms with van der Waals surface area (Å²) in [6, 6.07) is -0.813. The molecule has 1 saturated heterocycles. The molecule has 2 amide bonds. The molecule has 0 bridgehead atoms. The molecule has 0 radical (unpaired) electrons. The number of nitrogens with one attached hydrogen (secondary N) is 2. The van der Waals surface area contributed by atoms with Crippen molar-refractivity contribution >= 4 is 29.4 Å². The fourth-order valence-electron chi connectivity index (χ4n) is 3.70. The number of nitrogens with two attached hydrogens (primary N) is 1. The van der Waals surface area contributed by atoms with E-state index < -0.39 is 47.5 Å². The fourth-order valence-corrected chi connectivity index (χ4v) is 3.70. The average Bonchev–Trinajstić information content (AvgIpc) is 2.75. The summed E-state index contributed by atoms with van der Waals surface area (Å²) >= 11 is 0. The molecule has 4 N–H and O–H groups in total. The summed E-state index contributed by atoms with van der Waals surface area (Å²) in [5, 5.41) is 9.35. The number of nitrogen functional groups attached to an aromatic ring is 1. The Hall–Kier alpha value is -3.71. The second-order valence-electron chi connectivity index (χ2n) is 7.90. The fraction of sp³-hybridized carbons (Fsp3) is 0.400. The number of hydrogen-bond donors (Lipinski definition) is 3. The number of piperidine rings is 1. The molecule has 3 heterocycles. The van der Waals surface area contributed by atoms with Gasteiger partial charge in [0.2, 0.25) is 0 Å². The van der Waals surface area contributed by atoms with Crippen molar-refractivity contribution < 1.29 is 26.7 Å². The third-order valence-electron chi connectivity index (χ3n) is 5.56. The zero-order valence-corrected chi connectivity index (χ0v) is 18.2. The summed E-state index contributed by atoms with van der Waals surface area (Å²) in [6.07, 6.45) is -2.12. The summed E-state index contributed by atoms with van der Waals surface area (Å²) in [6.45, 7) is -0.671. The SMILES string of the molecule is CN(C(=O)Nc1cc(C(F)(F)F)cn(C)c1=O)[C@@H]1CCN(c2cnc(N)c(C=N)c2)CC1(F)F. The molecule has 2 aromatic heterocycles. The molecule has 0 spiro atoms. The second kappa shape index (κ2) is 8.91. The summed E-state index contributed by atoms with van der Waals surface area (Å²) in [5.74, 6) is -3.33. The van der Waals surface area contributed by atoms with Crippen LogP contribution in [0.4, 0.5) is 43.9 Å². The smallest absolute Gasteiger partial charge is 0.383 e. The van der Waals surface area contributed by atoms with Crippen LogP contribution in [0.3, 0.4) is 0 Å². The number of carbonyl (C=O) groups excluding carboxylic acids is 1. The third-order valence-corrected chi connectivity index (χ3v) is 5.56. The van der Waals surface area contributed by atoms with Gasteiger partial charge in [0.1, 0.15) is 17.5 Å². The lowest BCUT2D eigenvalue weighted by Crippen LogP contribution is -2.59. The van der Waals surface area contributed by atoms with E-state index >= 15 is 8.78 Å². The van der Waals surface area contributed by atoms with E-state index in [9.17, 15) is 22.8 Å². The number of aromatic nitrogens is 2. The van der Waals surface area contributed by atoms with Gasteiger partial charge in [0.05, 0.1) is 24.0 Å². The maximum Gasteiger partial charge on any atom is 0.417 e. The van der Waals surface area contributed by atoms with Crippen molar-refractivity contribution in [1.82, 2.24) is 14.5 Å². The highest BCUT2D eigenvalue weighted by Gasteiger charge is 2.48. The predicted octanol–water partition coefficient (Wildman–Crippen LogP) is 2.76. The Morgan fingerprint density at radius 2 is 2.06 bits per heavy atom. The van der Waals surface area contributed by atoms with E-state index in [1.807, 2.05) is 5.32 Å². The number of pyridine rings is 2. The molecule has 0 saturated carbocycles. The van der Waals surface area contributed by atoms with Gasteiger partial charge in [-0.15, -0.1) is 0 Å². The summed E-state index contributed by atoms with van der Waals surface area (Å²) in [5.41, 5.74) is 3.44. The molecule has 9 nitrogen and oxygen atoms in total. The van der Waals surface area contributed by atoms with Crippen LogP contribution >= 0.6 is 0 Å². The summed E-state index contributed by atoms with van der Waals surface area (Å²) in [4.78, 5) is 30.7. The highest BCUT2D eigenvalue weighted by molar-refractivity contribution is 5.89. The molecule has 0 unspecified atom stereocenters. The van der Waals surface area contributed by atoms with Crippen LogP contribution in [0, 0.1) is 5.41 Å². The topological polar surface area (TPSA) is 120 Å². The second-order valence-corrected chi connectivity index (χ2v) is 7.90.